The number of carboxylic acids is 1. The number of hydrogen-bond donors (Lipinski definition) is 1. The second-order valence-corrected chi connectivity index (χ2v) is 20.9. The van der Waals surface area contributed by atoms with E-state index in [1.165, 1.54) is 23.5 Å². The highest BCUT2D eigenvalue weighted by atomic mass is 32.1. The fraction of sp³-hybridized carbons (Fsp3) is 0.435. The van der Waals surface area contributed by atoms with Crippen molar-refractivity contribution < 1.29 is 43.1 Å². The van der Waals surface area contributed by atoms with Crippen molar-refractivity contribution in [1.82, 2.24) is 0 Å². The van der Waals surface area contributed by atoms with Gasteiger partial charge in [-0.25, -0.2) is 14.4 Å². The van der Waals surface area contributed by atoms with Crippen LogP contribution >= 0.6 is 22.7 Å². The van der Waals surface area contributed by atoms with Crippen LogP contribution < -0.4 is 23.8 Å². The summed E-state index contributed by atoms with van der Waals surface area (Å²) < 4.78 is 37.7. The van der Waals surface area contributed by atoms with Gasteiger partial charge in [-0.2, -0.15) is 10.5 Å². The molecule has 0 radical (unpaired) electrons. The maximum Gasteiger partial charge on any atom is 0.339 e. The van der Waals surface area contributed by atoms with E-state index in [-0.39, 0.29) is 34.8 Å². The fourth-order valence-electron chi connectivity index (χ4n) is 8.18. The lowest BCUT2D eigenvalue weighted by Crippen LogP contribution is -2.23. The first-order chi connectivity index (χ1) is 37.4. The van der Waals surface area contributed by atoms with Gasteiger partial charge >= 0.3 is 11.9 Å². The molecule has 2 aromatic heterocycles. The number of carbonyl (C=O) groups excluding carboxylic acids is 1. The number of carbonyl (C=O) groups is 2. The Bertz CT molecular complexity index is 2870. The van der Waals surface area contributed by atoms with Crippen molar-refractivity contribution in [3.8, 4) is 35.1 Å². The summed E-state index contributed by atoms with van der Waals surface area (Å²) in [5.41, 5.74) is 1.65. The van der Waals surface area contributed by atoms with Gasteiger partial charge in [0, 0.05) is 24.4 Å². The van der Waals surface area contributed by atoms with Crippen LogP contribution in [0.1, 0.15) is 171 Å². The SMILES string of the molecule is [C-]#[N+]C1=C(/C=C/c2sc(/C=C/c3sc(/C=C/c4ccc(N(CC)CCCCCCOC(=O)c5ccccc5C(=O)O)cc4)c(OCCCC)c3OCCCC)c(OCCCC)c2OCCCC)C(C)(C)OC1=C(C#N)C#N. The van der Waals surface area contributed by atoms with E-state index >= 15 is 0 Å². The minimum atomic E-state index is -1.16. The van der Waals surface area contributed by atoms with Gasteiger partial charge < -0.3 is 38.4 Å². The molecule has 77 heavy (non-hydrogen) atoms. The van der Waals surface area contributed by atoms with Gasteiger partial charge in [-0.15, -0.1) is 22.7 Å². The summed E-state index contributed by atoms with van der Waals surface area (Å²) in [6, 6.07) is 18.4. The van der Waals surface area contributed by atoms with Crippen LogP contribution in [0.25, 0.3) is 35.2 Å². The summed E-state index contributed by atoms with van der Waals surface area (Å²) >= 11 is 3.12. The van der Waals surface area contributed by atoms with E-state index in [0.29, 0.717) is 55.7 Å². The van der Waals surface area contributed by atoms with E-state index in [1.54, 1.807) is 23.5 Å². The Balaban J connectivity index is 1.40. The van der Waals surface area contributed by atoms with Crippen LogP contribution in [0.15, 0.2) is 77.2 Å². The summed E-state index contributed by atoms with van der Waals surface area (Å²) in [4.78, 5) is 33.6. The minimum absolute atomic E-state index is 0.00752. The number of aromatic carboxylic acids is 1. The first-order valence-electron chi connectivity index (χ1n) is 27.0. The van der Waals surface area contributed by atoms with Crippen LogP contribution in [0.4, 0.5) is 5.69 Å². The molecule has 1 aliphatic rings. The molecular weight excluding hydrogens is 1010 g/mol. The van der Waals surface area contributed by atoms with Crippen LogP contribution in [-0.2, 0) is 9.47 Å². The number of hydrogen-bond acceptors (Lipinski definition) is 13. The zero-order valence-corrected chi connectivity index (χ0v) is 47.5. The summed E-state index contributed by atoms with van der Waals surface area (Å²) in [7, 11) is 0. The third-order valence-corrected chi connectivity index (χ3v) is 14.7. The number of benzene rings is 2. The Hall–Kier alpha value is -7.25. The van der Waals surface area contributed by atoms with Crippen LogP contribution in [-0.4, -0.2) is 68.8 Å². The van der Waals surface area contributed by atoms with E-state index in [9.17, 15) is 25.2 Å². The molecule has 0 amide bonds. The molecule has 4 aromatic rings. The first-order valence-corrected chi connectivity index (χ1v) is 28.6. The van der Waals surface area contributed by atoms with Gasteiger partial charge in [0.2, 0.25) is 5.70 Å². The molecule has 0 saturated carbocycles. The molecule has 0 atom stereocenters. The molecule has 0 bridgehead atoms. The number of esters is 1. The summed E-state index contributed by atoms with van der Waals surface area (Å²) in [5, 5.41) is 28.7. The summed E-state index contributed by atoms with van der Waals surface area (Å²) in [6.45, 7) is 26.4. The Morgan fingerprint density at radius 2 is 1.12 bits per heavy atom. The van der Waals surface area contributed by atoms with Crippen molar-refractivity contribution >= 4 is 70.7 Å². The number of ether oxygens (including phenoxy) is 6. The summed E-state index contributed by atoms with van der Waals surface area (Å²) in [5.74, 6) is 0.906. The average Bonchev–Trinajstić information content (AvgIpc) is 4.07. The number of rotatable bonds is 33. The number of allylic oxidation sites excluding steroid dienone is 1. The predicted octanol–water partition coefficient (Wildman–Crippen LogP) is 16.1. The van der Waals surface area contributed by atoms with Crippen molar-refractivity contribution in [2.45, 2.75) is 131 Å². The molecule has 408 valence electrons. The van der Waals surface area contributed by atoms with E-state index in [1.807, 2.05) is 38.1 Å². The van der Waals surface area contributed by atoms with Crippen molar-refractivity contribution in [2.24, 2.45) is 0 Å². The van der Waals surface area contributed by atoms with Gasteiger partial charge in [-0.1, -0.05) is 96.2 Å². The molecule has 0 fully saturated rings. The van der Waals surface area contributed by atoms with Crippen molar-refractivity contribution in [3.05, 3.63) is 125 Å². The molecule has 0 saturated heterocycles. The van der Waals surface area contributed by atoms with Crippen molar-refractivity contribution in [2.75, 3.05) is 51.0 Å². The van der Waals surface area contributed by atoms with Gasteiger partial charge in [0.25, 0.3) is 0 Å². The zero-order chi connectivity index (χ0) is 55.6. The molecule has 1 aliphatic heterocycles. The molecule has 3 heterocycles. The molecule has 1 N–H and O–H groups in total. The van der Waals surface area contributed by atoms with E-state index in [0.717, 1.165) is 120 Å². The second-order valence-electron chi connectivity index (χ2n) is 18.8. The van der Waals surface area contributed by atoms with Crippen LogP contribution in [0.2, 0.25) is 0 Å². The van der Waals surface area contributed by atoms with Crippen LogP contribution in [0.3, 0.4) is 0 Å². The van der Waals surface area contributed by atoms with E-state index in [2.05, 4.69) is 92.9 Å². The third-order valence-electron chi connectivity index (χ3n) is 12.6. The van der Waals surface area contributed by atoms with E-state index in [4.69, 9.17) is 35.0 Å². The number of carboxylic acid groups (broad SMARTS) is 1. The maximum atomic E-state index is 12.5. The topological polar surface area (TPSA) is 165 Å². The van der Waals surface area contributed by atoms with Crippen LogP contribution in [0, 0.1) is 29.2 Å². The molecule has 13 nitrogen and oxygen atoms in total. The highest BCUT2D eigenvalue weighted by Crippen LogP contribution is 2.49. The number of anilines is 1. The Labute approximate surface area is 464 Å². The Morgan fingerprint density at radius 3 is 1.57 bits per heavy atom. The standard InChI is InChI=1S/C62H74N4O9S2/c1-9-14-37-70-56-50(32-28-44-26-29-46(30-27-44)66(13-5)36-22-18-19-23-41-74-61(69)48-25-21-20-24-47(48)60(67)68)76-52(58(56)72-39-16-11-3)34-35-53-59(73-40-17-12-4)57(71-38-15-10-2)51(77-53)33-31-49-54(65-8)55(45(42-63)43-64)75-62(49,6)7/h20-21,24-35H,9-19,22-23,36-41H2,1-7H3,(H,67,68)/b32-28+,33-31+,35-34+. The molecule has 5 rings (SSSR count). The van der Waals surface area contributed by atoms with Crippen molar-refractivity contribution in [1.29, 1.82) is 10.5 Å². The van der Waals surface area contributed by atoms with Gasteiger partial charge in [-0.05, 0) is 120 Å². The number of thiophene rings is 2. The maximum absolute atomic E-state index is 12.5. The van der Waals surface area contributed by atoms with E-state index < -0.39 is 17.5 Å². The monoisotopic (exact) mass is 1080 g/mol. The predicted molar refractivity (Wildman–Crippen MR) is 311 cm³/mol. The lowest BCUT2D eigenvalue weighted by Gasteiger charge is -2.23. The number of nitriles is 2. The Kier molecular flexibility index (Phi) is 25.0. The third kappa shape index (κ3) is 17.1. The quantitative estimate of drug-likeness (QED) is 0.0208. The minimum Gasteiger partial charge on any atom is -0.493 e. The molecule has 15 heteroatoms. The number of unbranched alkanes of at least 4 members (excludes halogenated alkanes) is 7. The Morgan fingerprint density at radius 1 is 0.649 bits per heavy atom. The fourth-order valence-corrected chi connectivity index (χ4v) is 10.2. The molecular formula is C62H74N4O9S2. The molecule has 0 unspecified atom stereocenters. The van der Waals surface area contributed by atoms with Crippen molar-refractivity contribution in [3.63, 3.8) is 0 Å². The second kappa shape index (κ2) is 31.7. The van der Waals surface area contributed by atoms with Gasteiger partial charge in [0.15, 0.2) is 34.3 Å². The van der Waals surface area contributed by atoms with Crippen LogP contribution in [0.5, 0.6) is 23.0 Å². The first kappa shape index (κ1) is 60.6. The normalized spacial score (nSPS) is 12.9. The molecule has 0 aliphatic carbocycles. The van der Waals surface area contributed by atoms with Gasteiger partial charge in [0.05, 0.1) is 70.2 Å². The summed E-state index contributed by atoms with van der Waals surface area (Å²) in [6.07, 6.45) is 22.9. The highest BCUT2D eigenvalue weighted by Gasteiger charge is 2.39. The smallest absolute Gasteiger partial charge is 0.339 e. The van der Waals surface area contributed by atoms with Gasteiger partial charge in [0.1, 0.15) is 17.7 Å². The lowest BCUT2D eigenvalue weighted by molar-refractivity contribution is 0.0487. The van der Waals surface area contributed by atoms with Gasteiger partial charge in [-0.3, -0.25) is 0 Å². The zero-order valence-electron chi connectivity index (χ0n) is 45.8. The average molecular weight is 1080 g/mol. The molecule has 0 spiro atoms. The molecule has 2 aromatic carbocycles. The number of nitrogens with zero attached hydrogens (tertiary/aromatic N) is 4. The highest BCUT2D eigenvalue weighted by molar-refractivity contribution is 7.15. The largest absolute Gasteiger partial charge is 0.493 e. The lowest BCUT2D eigenvalue weighted by atomic mass is 9.97.